The van der Waals surface area contributed by atoms with E-state index in [-0.39, 0.29) is 23.3 Å². The Morgan fingerprint density at radius 2 is 1.48 bits per heavy atom. The van der Waals surface area contributed by atoms with Gasteiger partial charge in [0.25, 0.3) is 5.91 Å². The van der Waals surface area contributed by atoms with Crippen molar-refractivity contribution >= 4 is 22.8 Å². The number of hydrogen-bond acceptors (Lipinski definition) is 3. The molecule has 1 atom stereocenters. The SMILES string of the molecule is Cc1c(C)n(Cc2ccc(-c3ccccc3C(=O)OC(C)(C)C)cc2)c2ccc(C(=O)N[C@@H](C)c3ccc(C(C)(C)C)cc3)cc12. The number of aryl methyl sites for hydroxylation is 1. The molecule has 5 nitrogen and oxygen atoms in total. The van der Waals surface area contributed by atoms with Gasteiger partial charge < -0.3 is 14.6 Å². The van der Waals surface area contributed by atoms with Gasteiger partial charge in [-0.3, -0.25) is 4.79 Å². The lowest BCUT2D eigenvalue weighted by molar-refractivity contribution is 0.00703. The van der Waals surface area contributed by atoms with Gasteiger partial charge >= 0.3 is 5.97 Å². The number of benzene rings is 4. The van der Waals surface area contributed by atoms with E-state index in [1.807, 2.05) is 64.1 Å². The number of aromatic nitrogens is 1. The molecule has 0 saturated carbocycles. The average molecular weight is 615 g/mol. The molecule has 46 heavy (non-hydrogen) atoms. The zero-order valence-corrected chi connectivity index (χ0v) is 28.6. The van der Waals surface area contributed by atoms with Crippen molar-refractivity contribution < 1.29 is 14.3 Å². The summed E-state index contributed by atoms with van der Waals surface area (Å²) in [5.74, 6) is -0.407. The zero-order valence-electron chi connectivity index (χ0n) is 28.6. The highest BCUT2D eigenvalue weighted by Crippen LogP contribution is 2.30. The van der Waals surface area contributed by atoms with E-state index in [0.29, 0.717) is 17.7 Å². The number of carbonyl (C=O) groups is 2. The van der Waals surface area contributed by atoms with Crippen molar-refractivity contribution in [1.29, 1.82) is 0 Å². The molecule has 5 aromatic rings. The fourth-order valence-electron chi connectivity index (χ4n) is 5.85. The Labute approximate surface area is 273 Å². The van der Waals surface area contributed by atoms with E-state index < -0.39 is 5.60 Å². The van der Waals surface area contributed by atoms with Crippen molar-refractivity contribution in [2.45, 2.75) is 85.9 Å². The van der Waals surface area contributed by atoms with Gasteiger partial charge in [-0.2, -0.15) is 0 Å². The second kappa shape index (κ2) is 12.6. The predicted octanol–water partition coefficient (Wildman–Crippen LogP) is 9.72. The van der Waals surface area contributed by atoms with Crippen LogP contribution in [0.25, 0.3) is 22.0 Å². The maximum atomic E-state index is 13.3. The van der Waals surface area contributed by atoms with E-state index in [4.69, 9.17) is 4.74 Å². The Morgan fingerprint density at radius 3 is 2.11 bits per heavy atom. The van der Waals surface area contributed by atoms with Crippen LogP contribution in [0.15, 0.2) is 91.0 Å². The summed E-state index contributed by atoms with van der Waals surface area (Å²) in [5.41, 5.74) is 9.47. The van der Waals surface area contributed by atoms with Crippen LogP contribution in [0.4, 0.5) is 0 Å². The molecule has 0 saturated heterocycles. The first-order valence-corrected chi connectivity index (χ1v) is 16.0. The van der Waals surface area contributed by atoms with E-state index >= 15 is 0 Å². The molecule has 0 unspecified atom stereocenters. The molecule has 0 aliphatic carbocycles. The summed E-state index contributed by atoms with van der Waals surface area (Å²) in [6.07, 6.45) is 0. The van der Waals surface area contributed by atoms with Crippen LogP contribution in [0.3, 0.4) is 0 Å². The molecule has 1 heterocycles. The lowest BCUT2D eigenvalue weighted by Gasteiger charge is -2.21. The summed E-state index contributed by atoms with van der Waals surface area (Å²) in [4.78, 5) is 26.2. The molecule has 4 aromatic carbocycles. The number of amides is 1. The van der Waals surface area contributed by atoms with Crippen molar-refractivity contribution in [2.75, 3.05) is 0 Å². The smallest absolute Gasteiger partial charge is 0.339 e. The first kappa shape index (κ1) is 32.7. The quantitative estimate of drug-likeness (QED) is 0.186. The molecule has 5 rings (SSSR count). The zero-order chi connectivity index (χ0) is 33.4. The van der Waals surface area contributed by atoms with Crippen LogP contribution in [0.2, 0.25) is 0 Å². The highest BCUT2D eigenvalue weighted by molar-refractivity contribution is 5.99. The second-order valence-electron chi connectivity index (χ2n) is 14.3. The monoisotopic (exact) mass is 614 g/mol. The summed E-state index contributed by atoms with van der Waals surface area (Å²) in [6, 6.07) is 30.3. The first-order chi connectivity index (χ1) is 21.6. The number of hydrogen-bond donors (Lipinski definition) is 1. The number of ether oxygens (including phenoxy) is 1. The topological polar surface area (TPSA) is 60.3 Å². The molecule has 5 heteroatoms. The Balaban J connectivity index is 1.34. The average Bonchev–Trinajstić information content (AvgIpc) is 3.24. The van der Waals surface area contributed by atoms with Crippen LogP contribution < -0.4 is 5.32 Å². The molecule has 1 amide bonds. The van der Waals surface area contributed by atoms with Crippen LogP contribution >= 0.6 is 0 Å². The summed E-state index contributed by atoms with van der Waals surface area (Å²) in [6.45, 7) is 19.2. The molecule has 0 fully saturated rings. The Bertz CT molecular complexity index is 1880. The number of carbonyl (C=O) groups excluding carboxylic acids is 2. The van der Waals surface area contributed by atoms with Crippen LogP contribution in [-0.2, 0) is 16.7 Å². The van der Waals surface area contributed by atoms with E-state index in [1.54, 1.807) is 0 Å². The minimum Gasteiger partial charge on any atom is -0.456 e. The van der Waals surface area contributed by atoms with Gasteiger partial charge in [-0.15, -0.1) is 0 Å². The molecule has 0 spiro atoms. The van der Waals surface area contributed by atoms with Crippen molar-refractivity contribution in [3.63, 3.8) is 0 Å². The van der Waals surface area contributed by atoms with Crippen molar-refractivity contribution in [2.24, 2.45) is 0 Å². The number of esters is 1. The maximum absolute atomic E-state index is 13.3. The van der Waals surface area contributed by atoms with Crippen molar-refractivity contribution in [3.8, 4) is 11.1 Å². The molecule has 0 aliphatic rings. The summed E-state index contributed by atoms with van der Waals surface area (Å²) in [7, 11) is 0. The molecule has 0 radical (unpaired) electrons. The minimum absolute atomic E-state index is 0.0821. The lowest BCUT2D eigenvalue weighted by atomic mass is 9.86. The third-order valence-electron chi connectivity index (χ3n) is 8.68. The molecule has 1 aromatic heterocycles. The third kappa shape index (κ3) is 7.09. The van der Waals surface area contributed by atoms with Gasteiger partial charge in [-0.1, -0.05) is 87.5 Å². The fraction of sp³-hybridized carbons (Fsp3) is 0.317. The highest BCUT2D eigenvalue weighted by Gasteiger charge is 2.21. The standard InChI is InChI=1S/C41H46N2O3/c1-26-28(3)43(25-29-14-16-31(17-15-29)34-12-10-11-13-35(34)39(45)46-41(7,8)9)37-23-20-32(24-36(26)37)38(44)42-27(2)30-18-21-33(22-19-30)40(4,5)6/h10-24,27H,25H2,1-9H3,(H,42,44)/t27-/m0/s1. The number of nitrogens with one attached hydrogen (secondary N) is 1. The van der Waals surface area contributed by atoms with Gasteiger partial charge in [-0.25, -0.2) is 4.79 Å². The summed E-state index contributed by atoms with van der Waals surface area (Å²) >= 11 is 0. The molecule has 1 N–H and O–H groups in total. The van der Waals surface area contributed by atoms with E-state index in [0.717, 1.165) is 33.2 Å². The molecule has 0 bridgehead atoms. The van der Waals surface area contributed by atoms with Gasteiger partial charge in [0.05, 0.1) is 11.6 Å². The minimum atomic E-state index is -0.564. The largest absolute Gasteiger partial charge is 0.456 e. The lowest BCUT2D eigenvalue weighted by Crippen LogP contribution is -2.26. The van der Waals surface area contributed by atoms with Crippen LogP contribution in [0.1, 0.15) is 103 Å². The molecular formula is C41H46N2O3. The van der Waals surface area contributed by atoms with Crippen LogP contribution in [0.5, 0.6) is 0 Å². The van der Waals surface area contributed by atoms with Crippen molar-refractivity contribution in [3.05, 3.63) is 130 Å². The van der Waals surface area contributed by atoms with Crippen LogP contribution in [-0.4, -0.2) is 22.0 Å². The molecule has 0 aliphatic heterocycles. The number of fused-ring (bicyclic) bond motifs is 1. The second-order valence-corrected chi connectivity index (χ2v) is 14.3. The van der Waals surface area contributed by atoms with Gasteiger partial charge in [0.2, 0.25) is 0 Å². The third-order valence-corrected chi connectivity index (χ3v) is 8.68. The number of rotatable bonds is 7. The fourth-order valence-corrected chi connectivity index (χ4v) is 5.85. The van der Waals surface area contributed by atoms with Crippen LogP contribution in [0, 0.1) is 13.8 Å². The Hall–Kier alpha value is -4.64. The van der Waals surface area contributed by atoms with Crippen molar-refractivity contribution in [1.82, 2.24) is 9.88 Å². The first-order valence-electron chi connectivity index (χ1n) is 16.0. The Morgan fingerprint density at radius 1 is 0.826 bits per heavy atom. The molecular weight excluding hydrogens is 568 g/mol. The van der Waals surface area contributed by atoms with Gasteiger partial charge in [0.15, 0.2) is 0 Å². The maximum Gasteiger partial charge on any atom is 0.339 e. The highest BCUT2D eigenvalue weighted by atomic mass is 16.6. The van der Waals surface area contributed by atoms with E-state index in [1.165, 1.54) is 16.8 Å². The van der Waals surface area contributed by atoms with E-state index in [9.17, 15) is 9.59 Å². The normalized spacial score (nSPS) is 12.6. The predicted molar refractivity (Wildman–Crippen MR) is 189 cm³/mol. The number of nitrogens with zero attached hydrogens (tertiary/aromatic N) is 1. The molecule has 238 valence electrons. The van der Waals surface area contributed by atoms with Gasteiger partial charge in [-0.05, 0) is 105 Å². The Kier molecular flexibility index (Phi) is 8.99. The van der Waals surface area contributed by atoms with Gasteiger partial charge in [0, 0.05) is 28.7 Å². The summed E-state index contributed by atoms with van der Waals surface area (Å²) < 4.78 is 7.95. The van der Waals surface area contributed by atoms with E-state index in [2.05, 4.69) is 99.1 Å². The van der Waals surface area contributed by atoms with Gasteiger partial charge in [0.1, 0.15) is 5.60 Å². The summed E-state index contributed by atoms with van der Waals surface area (Å²) in [5, 5.41) is 4.26.